The third-order valence-electron chi connectivity index (χ3n) is 5.88. The molecule has 4 nitrogen and oxygen atoms in total. The van der Waals surface area contributed by atoms with Crippen LogP contribution in [0.2, 0.25) is 10.0 Å². The zero-order valence-corrected chi connectivity index (χ0v) is 21.4. The molecule has 0 atom stereocenters. The fourth-order valence-electron chi connectivity index (χ4n) is 3.90. The first-order valence-corrected chi connectivity index (χ1v) is 12.3. The van der Waals surface area contributed by atoms with Crippen LogP contribution in [0.5, 0.6) is 0 Å². The van der Waals surface area contributed by atoms with E-state index in [1.165, 1.54) is 0 Å². The number of hydrogen-bond donors (Lipinski definition) is 0. The van der Waals surface area contributed by atoms with E-state index in [1.54, 1.807) is 35.0 Å². The second kappa shape index (κ2) is 11.9. The first-order valence-electron chi connectivity index (χ1n) is 11.6. The molecule has 4 aromatic carbocycles. The van der Waals surface area contributed by atoms with E-state index in [2.05, 4.69) is 0 Å². The van der Waals surface area contributed by atoms with Crippen molar-refractivity contribution in [2.24, 2.45) is 0 Å². The number of benzene rings is 4. The van der Waals surface area contributed by atoms with Gasteiger partial charge in [-0.3, -0.25) is 9.59 Å². The predicted molar refractivity (Wildman–Crippen MR) is 146 cm³/mol. The lowest BCUT2D eigenvalue weighted by Gasteiger charge is -2.24. The van der Waals surface area contributed by atoms with Gasteiger partial charge in [-0.1, -0.05) is 96.0 Å². The van der Waals surface area contributed by atoms with Crippen LogP contribution in [-0.4, -0.2) is 23.8 Å². The minimum atomic E-state index is -0.230. The number of rotatable bonds is 8. The Kier molecular flexibility index (Phi) is 8.42. The van der Waals surface area contributed by atoms with E-state index in [0.717, 1.165) is 16.7 Å². The highest BCUT2D eigenvalue weighted by Crippen LogP contribution is 2.26. The van der Waals surface area contributed by atoms with Gasteiger partial charge >= 0.3 is 0 Å². The van der Waals surface area contributed by atoms with E-state index in [4.69, 9.17) is 23.2 Å². The van der Waals surface area contributed by atoms with Crippen molar-refractivity contribution >= 4 is 40.7 Å². The zero-order valence-electron chi connectivity index (χ0n) is 19.9. The summed E-state index contributed by atoms with van der Waals surface area (Å²) in [7, 11) is 1.81. The maximum Gasteiger partial charge on any atom is 0.260 e. The second-order valence-corrected chi connectivity index (χ2v) is 9.42. The fraction of sp³-hybridized carbons (Fsp3) is 0.133. The Bertz CT molecular complexity index is 1330. The smallest absolute Gasteiger partial charge is 0.260 e. The molecule has 0 fully saturated rings. The summed E-state index contributed by atoms with van der Waals surface area (Å²) in [5, 5.41) is 0.770. The highest BCUT2D eigenvalue weighted by Gasteiger charge is 2.21. The maximum atomic E-state index is 13.5. The quantitative estimate of drug-likeness (QED) is 0.252. The van der Waals surface area contributed by atoms with Crippen LogP contribution in [0.25, 0.3) is 0 Å². The average molecular weight is 517 g/mol. The molecule has 36 heavy (non-hydrogen) atoms. The van der Waals surface area contributed by atoms with Crippen molar-refractivity contribution in [2.45, 2.75) is 19.5 Å². The number of likely N-dealkylation sites (N-methyl/N-ethyl adjacent to an activating group) is 1. The summed E-state index contributed by atoms with van der Waals surface area (Å²) in [6, 6.07) is 32.0. The van der Waals surface area contributed by atoms with Crippen LogP contribution in [0.4, 0.5) is 5.69 Å². The number of amides is 2. The van der Waals surface area contributed by atoms with Crippen LogP contribution in [0.1, 0.15) is 27.0 Å². The molecular weight excluding hydrogens is 491 g/mol. The van der Waals surface area contributed by atoms with Crippen molar-refractivity contribution in [1.82, 2.24) is 4.90 Å². The van der Waals surface area contributed by atoms with Gasteiger partial charge in [0.15, 0.2) is 0 Å². The standard InChI is InChI=1S/C30H26Cl2N2O2/c1-33(20-23-8-4-2-5-9-23)29(35)18-22-12-15-26(16-13-22)34(21-24-10-6-3-7-11-24)30(36)27-17-14-25(31)19-28(27)32/h2-17,19H,18,20-21H2,1H3. The molecule has 0 aromatic heterocycles. The highest BCUT2D eigenvalue weighted by atomic mass is 35.5. The van der Waals surface area contributed by atoms with Crippen molar-refractivity contribution < 1.29 is 9.59 Å². The van der Waals surface area contributed by atoms with Gasteiger partial charge in [0.25, 0.3) is 5.91 Å². The minimum Gasteiger partial charge on any atom is -0.341 e. The lowest BCUT2D eigenvalue weighted by atomic mass is 10.1. The van der Waals surface area contributed by atoms with E-state index in [-0.39, 0.29) is 18.2 Å². The fourth-order valence-corrected chi connectivity index (χ4v) is 4.39. The zero-order chi connectivity index (χ0) is 25.5. The van der Waals surface area contributed by atoms with Gasteiger partial charge in [-0.05, 0) is 47.0 Å². The monoisotopic (exact) mass is 516 g/mol. The molecule has 2 amide bonds. The number of hydrogen-bond acceptors (Lipinski definition) is 2. The molecule has 4 rings (SSSR count). The molecular formula is C30H26Cl2N2O2. The second-order valence-electron chi connectivity index (χ2n) is 8.58. The summed E-state index contributed by atoms with van der Waals surface area (Å²) >= 11 is 12.4. The van der Waals surface area contributed by atoms with Gasteiger partial charge in [-0.25, -0.2) is 0 Å². The molecule has 0 heterocycles. The van der Waals surface area contributed by atoms with Crippen LogP contribution in [-0.2, 0) is 24.3 Å². The van der Waals surface area contributed by atoms with Gasteiger partial charge in [0, 0.05) is 24.3 Å². The summed E-state index contributed by atoms with van der Waals surface area (Å²) in [6.07, 6.45) is 0.277. The van der Waals surface area contributed by atoms with E-state index in [1.807, 2.05) is 84.9 Å². The maximum absolute atomic E-state index is 13.5. The number of anilines is 1. The molecule has 4 aromatic rings. The molecule has 0 unspecified atom stereocenters. The van der Waals surface area contributed by atoms with Crippen molar-refractivity contribution in [2.75, 3.05) is 11.9 Å². The molecule has 6 heteroatoms. The number of nitrogens with zero attached hydrogens (tertiary/aromatic N) is 2. The largest absolute Gasteiger partial charge is 0.341 e. The van der Waals surface area contributed by atoms with E-state index < -0.39 is 0 Å². The van der Waals surface area contributed by atoms with Crippen molar-refractivity contribution in [1.29, 1.82) is 0 Å². The molecule has 0 saturated heterocycles. The summed E-state index contributed by atoms with van der Waals surface area (Å²) < 4.78 is 0. The Hall–Kier alpha value is -3.60. The lowest BCUT2D eigenvalue weighted by molar-refractivity contribution is -0.129. The van der Waals surface area contributed by atoms with Gasteiger partial charge in [0.2, 0.25) is 5.91 Å². The SMILES string of the molecule is CN(Cc1ccccc1)C(=O)Cc1ccc(N(Cc2ccccc2)C(=O)c2ccc(Cl)cc2Cl)cc1. The average Bonchev–Trinajstić information content (AvgIpc) is 2.89. The first-order chi connectivity index (χ1) is 17.4. The van der Waals surface area contributed by atoms with E-state index in [9.17, 15) is 9.59 Å². The van der Waals surface area contributed by atoms with Gasteiger partial charge in [-0.2, -0.15) is 0 Å². The topological polar surface area (TPSA) is 40.6 Å². The summed E-state index contributed by atoms with van der Waals surface area (Å²) in [5.74, 6) is -0.205. The Balaban J connectivity index is 1.53. The number of carbonyl (C=O) groups excluding carboxylic acids is 2. The molecule has 0 aliphatic rings. The van der Waals surface area contributed by atoms with Gasteiger partial charge in [0.05, 0.1) is 23.6 Å². The molecule has 182 valence electrons. The number of carbonyl (C=O) groups is 2. The van der Waals surface area contributed by atoms with Crippen molar-refractivity contribution in [3.63, 3.8) is 0 Å². The van der Waals surface area contributed by atoms with Crippen molar-refractivity contribution in [3.05, 3.63) is 135 Å². The molecule has 0 radical (unpaired) electrons. The third-order valence-corrected chi connectivity index (χ3v) is 6.43. The normalized spacial score (nSPS) is 10.6. The van der Waals surface area contributed by atoms with Gasteiger partial charge in [-0.15, -0.1) is 0 Å². The Morgan fingerprint density at radius 3 is 1.86 bits per heavy atom. The molecule has 0 N–H and O–H groups in total. The predicted octanol–water partition coefficient (Wildman–Crippen LogP) is 7.04. The van der Waals surface area contributed by atoms with E-state index in [0.29, 0.717) is 34.4 Å². The van der Waals surface area contributed by atoms with E-state index >= 15 is 0 Å². The molecule has 0 bridgehead atoms. The van der Waals surface area contributed by atoms with Crippen LogP contribution >= 0.6 is 23.2 Å². The van der Waals surface area contributed by atoms with Crippen LogP contribution < -0.4 is 4.90 Å². The summed E-state index contributed by atoms with van der Waals surface area (Å²) in [5.41, 5.74) is 4.03. The Labute approximate surface area is 221 Å². The lowest BCUT2D eigenvalue weighted by Crippen LogP contribution is -2.30. The highest BCUT2D eigenvalue weighted by molar-refractivity contribution is 6.37. The molecule has 0 aliphatic carbocycles. The van der Waals surface area contributed by atoms with Crippen LogP contribution in [0.15, 0.2) is 103 Å². The van der Waals surface area contributed by atoms with Gasteiger partial charge < -0.3 is 9.80 Å². The molecule has 0 saturated carbocycles. The summed E-state index contributed by atoms with van der Waals surface area (Å²) in [6.45, 7) is 0.926. The third kappa shape index (κ3) is 6.54. The van der Waals surface area contributed by atoms with Crippen LogP contribution in [0, 0.1) is 0 Å². The minimum absolute atomic E-state index is 0.0248. The summed E-state index contributed by atoms with van der Waals surface area (Å²) in [4.78, 5) is 29.7. The first kappa shape index (κ1) is 25.5. The molecule has 0 spiro atoms. The van der Waals surface area contributed by atoms with Crippen molar-refractivity contribution in [3.8, 4) is 0 Å². The molecule has 0 aliphatic heterocycles. The Morgan fingerprint density at radius 2 is 1.28 bits per heavy atom. The Morgan fingerprint density at radius 1 is 0.694 bits per heavy atom. The van der Waals surface area contributed by atoms with Crippen LogP contribution in [0.3, 0.4) is 0 Å². The number of halogens is 2. The van der Waals surface area contributed by atoms with Gasteiger partial charge in [0.1, 0.15) is 0 Å².